The molecule has 0 saturated heterocycles. The summed E-state index contributed by atoms with van der Waals surface area (Å²) in [6, 6.07) is 9.53. The number of aromatic nitrogens is 3. The van der Waals surface area contributed by atoms with Crippen LogP contribution >= 0.6 is 0 Å². The molecule has 0 bridgehead atoms. The summed E-state index contributed by atoms with van der Waals surface area (Å²) in [4.78, 5) is 19.9. The van der Waals surface area contributed by atoms with E-state index in [-0.39, 0.29) is 5.56 Å². The number of aromatic amines is 1. The molecule has 3 aromatic rings. The summed E-state index contributed by atoms with van der Waals surface area (Å²) in [5.41, 5.74) is 2.45. The molecule has 0 atom stereocenters. The van der Waals surface area contributed by atoms with Gasteiger partial charge in [0.15, 0.2) is 5.76 Å². The smallest absolute Gasteiger partial charge is 0.280 e. The molecular formula is C21H23N3O3. The van der Waals surface area contributed by atoms with Crippen LogP contribution in [0.15, 0.2) is 52.0 Å². The molecule has 27 heavy (non-hydrogen) atoms. The van der Waals surface area contributed by atoms with Crippen LogP contribution in [0.3, 0.4) is 0 Å². The molecule has 1 saturated carbocycles. The Hall–Kier alpha value is -2.89. The number of ether oxygens (including phenoxy) is 1. The normalized spacial score (nSPS) is 18.9. The summed E-state index contributed by atoms with van der Waals surface area (Å²) in [6.45, 7) is 2.88. The molecular weight excluding hydrogens is 342 g/mol. The van der Waals surface area contributed by atoms with Crippen molar-refractivity contribution >= 4 is 0 Å². The molecule has 2 heterocycles. The van der Waals surface area contributed by atoms with E-state index in [4.69, 9.17) is 9.26 Å². The maximum atomic E-state index is 11.1. The van der Waals surface area contributed by atoms with Crippen molar-refractivity contribution in [2.45, 2.75) is 32.6 Å². The first-order valence-electron chi connectivity index (χ1n) is 9.35. The van der Waals surface area contributed by atoms with Gasteiger partial charge in [0.2, 0.25) is 0 Å². The summed E-state index contributed by atoms with van der Waals surface area (Å²) in [6.07, 6.45) is 7.88. The molecule has 2 aromatic heterocycles. The third-order valence-corrected chi connectivity index (χ3v) is 5.19. The zero-order chi connectivity index (χ0) is 18.6. The monoisotopic (exact) mass is 365 g/mol. The molecule has 0 radical (unpaired) electrons. The van der Waals surface area contributed by atoms with Crippen molar-refractivity contribution in [2.24, 2.45) is 11.8 Å². The van der Waals surface area contributed by atoms with Crippen LogP contribution < -0.4 is 10.3 Å². The molecule has 6 nitrogen and oxygen atoms in total. The average Bonchev–Trinajstić information content (AvgIpc) is 3.08. The number of nitrogens with zero attached hydrogens (tertiary/aromatic N) is 2. The van der Waals surface area contributed by atoms with Crippen LogP contribution in [0.1, 0.15) is 30.5 Å². The van der Waals surface area contributed by atoms with Crippen molar-refractivity contribution < 1.29 is 9.26 Å². The maximum absolute atomic E-state index is 11.1. The minimum atomic E-state index is -0.276. The molecule has 0 unspecified atom stereocenters. The predicted octanol–water partition coefficient (Wildman–Crippen LogP) is 3.77. The van der Waals surface area contributed by atoms with Gasteiger partial charge in [0, 0.05) is 6.20 Å². The summed E-state index contributed by atoms with van der Waals surface area (Å²) in [5, 5.41) is 2.26. The van der Waals surface area contributed by atoms with E-state index in [0.717, 1.165) is 36.8 Å². The largest absolute Gasteiger partial charge is 0.493 e. The topological polar surface area (TPSA) is 81.0 Å². The second-order valence-electron chi connectivity index (χ2n) is 7.29. The SMILES string of the molecule is Cc1ccccc1OCC1CC(CCc2cnc(-c3cc(=O)[nH]o3)cn2)C1. The molecule has 1 aliphatic rings. The third kappa shape index (κ3) is 4.27. The number of benzene rings is 1. The molecule has 140 valence electrons. The van der Waals surface area contributed by atoms with Crippen molar-refractivity contribution in [3.8, 4) is 17.2 Å². The molecule has 0 spiro atoms. The van der Waals surface area contributed by atoms with Crippen molar-refractivity contribution in [3.05, 3.63) is 64.3 Å². The zero-order valence-electron chi connectivity index (χ0n) is 15.4. The summed E-state index contributed by atoms with van der Waals surface area (Å²) in [7, 11) is 0. The number of aryl methyl sites for hydroxylation is 2. The van der Waals surface area contributed by atoms with Gasteiger partial charge in [-0.05, 0) is 56.1 Å². The highest BCUT2D eigenvalue weighted by Crippen LogP contribution is 2.37. The molecule has 1 N–H and O–H groups in total. The first kappa shape index (κ1) is 17.5. The van der Waals surface area contributed by atoms with E-state index in [1.165, 1.54) is 24.5 Å². The Morgan fingerprint density at radius 2 is 2.04 bits per heavy atom. The maximum Gasteiger partial charge on any atom is 0.280 e. The lowest BCUT2D eigenvalue weighted by molar-refractivity contribution is 0.114. The van der Waals surface area contributed by atoms with Gasteiger partial charge in [-0.15, -0.1) is 0 Å². The fourth-order valence-corrected chi connectivity index (χ4v) is 3.54. The zero-order valence-corrected chi connectivity index (χ0v) is 15.4. The minimum absolute atomic E-state index is 0.276. The van der Waals surface area contributed by atoms with E-state index in [2.05, 4.69) is 28.1 Å². The second-order valence-corrected chi connectivity index (χ2v) is 7.29. The van der Waals surface area contributed by atoms with Crippen molar-refractivity contribution in [1.82, 2.24) is 15.1 Å². The van der Waals surface area contributed by atoms with Crippen LogP contribution in [0.25, 0.3) is 11.5 Å². The Labute approximate surface area is 157 Å². The van der Waals surface area contributed by atoms with E-state index < -0.39 is 0 Å². The number of hydrogen-bond acceptors (Lipinski definition) is 5. The number of rotatable bonds is 7. The van der Waals surface area contributed by atoms with Crippen molar-refractivity contribution in [3.63, 3.8) is 0 Å². The number of nitrogens with one attached hydrogen (secondary N) is 1. The first-order chi connectivity index (χ1) is 13.2. The highest BCUT2D eigenvalue weighted by molar-refractivity contribution is 5.48. The molecule has 0 amide bonds. The summed E-state index contributed by atoms with van der Waals surface area (Å²) >= 11 is 0. The average molecular weight is 365 g/mol. The molecule has 0 aliphatic heterocycles. The van der Waals surface area contributed by atoms with Gasteiger partial charge in [0.05, 0.1) is 24.6 Å². The van der Waals surface area contributed by atoms with Crippen molar-refractivity contribution in [1.29, 1.82) is 0 Å². The van der Waals surface area contributed by atoms with Gasteiger partial charge >= 0.3 is 0 Å². The van der Waals surface area contributed by atoms with E-state index in [9.17, 15) is 4.79 Å². The van der Waals surface area contributed by atoms with Gasteiger partial charge in [-0.25, -0.2) is 4.98 Å². The number of hydrogen-bond donors (Lipinski definition) is 1. The fourth-order valence-electron chi connectivity index (χ4n) is 3.54. The quantitative estimate of drug-likeness (QED) is 0.689. The standard InChI is InChI=1S/C21H23N3O3/c1-14-4-2-3-5-19(14)26-13-16-8-15(9-16)6-7-17-11-23-18(12-22-17)20-10-21(25)24-27-20/h2-5,10-12,15-16H,6-9,13H2,1H3,(H,24,25). The Morgan fingerprint density at radius 1 is 1.19 bits per heavy atom. The second kappa shape index (κ2) is 7.78. The minimum Gasteiger partial charge on any atom is -0.493 e. The van der Waals surface area contributed by atoms with Crippen LogP contribution in [-0.2, 0) is 6.42 Å². The number of para-hydroxylation sites is 1. The van der Waals surface area contributed by atoms with Gasteiger partial charge < -0.3 is 9.26 Å². The van der Waals surface area contributed by atoms with Crippen LogP contribution in [0, 0.1) is 18.8 Å². The lowest BCUT2D eigenvalue weighted by Gasteiger charge is -2.35. The number of H-pyrrole nitrogens is 1. The van der Waals surface area contributed by atoms with Crippen LogP contribution in [0.4, 0.5) is 0 Å². The lowest BCUT2D eigenvalue weighted by atomic mass is 9.73. The highest BCUT2D eigenvalue weighted by Gasteiger charge is 2.29. The molecule has 6 heteroatoms. The lowest BCUT2D eigenvalue weighted by Crippen LogP contribution is -2.29. The van der Waals surface area contributed by atoms with E-state index >= 15 is 0 Å². The van der Waals surface area contributed by atoms with E-state index in [0.29, 0.717) is 17.4 Å². The van der Waals surface area contributed by atoms with Crippen LogP contribution in [0.2, 0.25) is 0 Å². The molecule has 1 fully saturated rings. The Morgan fingerprint density at radius 3 is 2.74 bits per heavy atom. The van der Waals surface area contributed by atoms with Gasteiger partial charge in [-0.3, -0.25) is 9.78 Å². The van der Waals surface area contributed by atoms with Gasteiger partial charge in [-0.1, -0.05) is 18.2 Å². The fraction of sp³-hybridized carbons (Fsp3) is 0.381. The molecule has 1 aromatic carbocycles. The molecule has 1 aliphatic carbocycles. The Bertz CT molecular complexity index is 940. The highest BCUT2D eigenvalue weighted by atomic mass is 16.5. The van der Waals surface area contributed by atoms with E-state index in [1.807, 2.05) is 18.2 Å². The van der Waals surface area contributed by atoms with Gasteiger partial charge in [0.25, 0.3) is 5.56 Å². The van der Waals surface area contributed by atoms with Crippen LogP contribution in [0.5, 0.6) is 5.75 Å². The van der Waals surface area contributed by atoms with Gasteiger partial charge in [0.1, 0.15) is 11.4 Å². The van der Waals surface area contributed by atoms with Crippen LogP contribution in [-0.4, -0.2) is 21.7 Å². The van der Waals surface area contributed by atoms with E-state index in [1.54, 1.807) is 12.4 Å². The summed E-state index contributed by atoms with van der Waals surface area (Å²) in [5.74, 6) is 2.79. The Balaban J connectivity index is 1.19. The third-order valence-electron chi connectivity index (χ3n) is 5.19. The first-order valence-corrected chi connectivity index (χ1v) is 9.35. The molecule has 4 rings (SSSR count). The summed E-state index contributed by atoms with van der Waals surface area (Å²) < 4.78 is 11.0. The van der Waals surface area contributed by atoms with Crippen molar-refractivity contribution in [2.75, 3.05) is 6.61 Å². The van der Waals surface area contributed by atoms with Gasteiger partial charge in [-0.2, -0.15) is 5.16 Å². The Kier molecular flexibility index (Phi) is 5.05. The predicted molar refractivity (Wildman–Crippen MR) is 102 cm³/mol.